The first-order valence-electron chi connectivity index (χ1n) is 7.52. The van der Waals surface area contributed by atoms with Gasteiger partial charge in [-0.15, -0.1) is 11.3 Å². The van der Waals surface area contributed by atoms with Crippen molar-refractivity contribution in [3.63, 3.8) is 0 Å². The molecule has 6 nitrogen and oxygen atoms in total. The van der Waals surface area contributed by atoms with Gasteiger partial charge in [-0.1, -0.05) is 6.07 Å². The fourth-order valence-electron chi connectivity index (χ4n) is 2.94. The highest BCUT2D eigenvalue weighted by Crippen LogP contribution is 2.29. The number of aliphatic hydroxyl groups is 1. The van der Waals surface area contributed by atoms with Crippen LogP contribution in [0.4, 0.5) is 0 Å². The molecule has 4 heterocycles. The molecule has 0 radical (unpaired) electrons. The van der Waals surface area contributed by atoms with Crippen LogP contribution in [0.1, 0.15) is 22.1 Å². The van der Waals surface area contributed by atoms with Crippen LogP contribution in [0.25, 0.3) is 10.2 Å². The molecule has 0 bridgehead atoms. The van der Waals surface area contributed by atoms with Crippen LogP contribution in [0, 0.1) is 0 Å². The molecule has 0 aromatic carbocycles. The van der Waals surface area contributed by atoms with Gasteiger partial charge < -0.3 is 10.4 Å². The summed E-state index contributed by atoms with van der Waals surface area (Å²) in [5.41, 5.74) is 1.74. The molecule has 0 aliphatic carbocycles. The van der Waals surface area contributed by atoms with Crippen LogP contribution in [-0.4, -0.2) is 26.2 Å². The summed E-state index contributed by atoms with van der Waals surface area (Å²) in [6.45, 7) is 1.86. The lowest BCUT2D eigenvalue weighted by atomic mass is 10.1. The summed E-state index contributed by atoms with van der Waals surface area (Å²) < 4.78 is 1.50. The second-order valence-corrected chi connectivity index (χ2v) is 6.70. The van der Waals surface area contributed by atoms with Gasteiger partial charge in [0.1, 0.15) is 4.83 Å². The number of aromatic nitrogens is 3. The van der Waals surface area contributed by atoms with Gasteiger partial charge >= 0.3 is 0 Å². The summed E-state index contributed by atoms with van der Waals surface area (Å²) in [5, 5.41) is 14.4. The van der Waals surface area contributed by atoms with E-state index in [2.05, 4.69) is 15.3 Å². The molecular weight excluding hydrogens is 312 g/mol. The maximum absolute atomic E-state index is 12.8. The first-order valence-corrected chi connectivity index (χ1v) is 8.34. The first kappa shape index (κ1) is 14.5. The van der Waals surface area contributed by atoms with Crippen LogP contribution in [0.3, 0.4) is 0 Å². The number of nitrogens with one attached hydrogen (secondary N) is 1. The largest absolute Gasteiger partial charge is 0.386 e. The van der Waals surface area contributed by atoms with Crippen LogP contribution in [0.2, 0.25) is 0 Å². The Morgan fingerprint density at radius 2 is 2.39 bits per heavy atom. The Bertz CT molecular complexity index is 904. The number of nitrogens with zero attached hydrogens (tertiary/aromatic N) is 3. The van der Waals surface area contributed by atoms with Crippen molar-refractivity contribution in [2.24, 2.45) is 0 Å². The Kier molecular flexibility index (Phi) is 3.68. The summed E-state index contributed by atoms with van der Waals surface area (Å²) in [6, 6.07) is 3.57. The molecule has 0 fully saturated rings. The first-order chi connectivity index (χ1) is 11.2. The molecule has 0 saturated carbocycles. The normalized spacial score (nSPS) is 15.5. The highest BCUT2D eigenvalue weighted by atomic mass is 32.1. The lowest BCUT2D eigenvalue weighted by Crippen LogP contribution is -2.26. The molecule has 23 heavy (non-hydrogen) atoms. The zero-order valence-electron chi connectivity index (χ0n) is 12.4. The minimum Gasteiger partial charge on any atom is -0.386 e. The Morgan fingerprint density at radius 3 is 3.22 bits per heavy atom. The second kappa shape index (κ2) is 5.84. The van der Waals surface area contributed by atoms with E-state index in [1.54, 1.807) is 35.9 Å². The molecule has 1 aliphatic heterocycles. The zero-order valence-corrected chi connectivity index (χ0v) is 13.2. The van der Waals surface area contributed by atoms with Crippen molar-refractivity contribution in [3.8, 4) is 0 Å². The number of aliphatic hydroxyl groups excluding tert-OH is 1. The van der Waals surface area contributed by atoms with Crippen LogP contribution < -0.4 is 10.9 Å². The highest BCUT2D eigenvalue weighted by molar-refractivity contribution is 7.18. The SMILES string of the molecule is O=c1c2c3c(sc2ncn1C[C@@H](O)c1cccnc1)CNCC3. The number of hydrogen-bond acceptors (Lipinski definition) is 6. The minimum atomic E-state index is -0.781. The molecule has 1 atom stereocenters. The van der Waals surface area contributed by atoms with E-state index in [4.69, 9.17) is 0 Å². The molecule has 3 aromatic rings. The van der Waals surface area contributed by atoms with Gasteiger partial charge in [0.15, 0.2) is 0 Å². The number of fused-ring (bicyclic) bond motifs is 3. The smallest absolute Gasteiger partial charge is 0.262 e. The molecule has 3 aromatic heterocycles. The summed E-state index contributed by atoms with van der Waals surface area (Å²) >= 11 is 1.58. The van der Waals surface area contributed by atoms with Gasteiger partial charge in [-0.3, -0.25) is 14.3 Å². The van der Waals surface area contributed by atoms with Gasteiger partial charge in [0, 0.05) is 29.4 Å². The average Bonchev–Trinajstić information content (AvgIpc) is 2.97. The minimum absolute atomic E-state index is 0.0719. The van der Waals surface area contributed by atoms with Crippen molar-refractivity contribution < 1.29 is 5.11 Å². The Morgan fingerprint density at radius 1 is 1.48 bits per heavy atom. The third kappa shape index (κ3) is 2.56. The van der Waals surface area contributed by atoms with Crippen LogP contribution in [0.5, 0.6) is 0 Å². The highest BCUT2D eigenvalue weighted by Gasteiger charge is 2.20. The van der Waals surface area contributed by atoms with Crippen LogP contribution >= 0.6 is 11.3 Å². The molecule has 7 heteroatoms. The van der Waals surface area contributed by atoms with E-state index in [0.29, 0.717) is 10.9 Å². The van der Waals surface area contributed by atoms with Gasteiger partial charge in [0.2, 0.25) is 0 Å². The average molecular weight is 328 g/mol. The molecule has 0 saturated heterocycles. The molecular formula is C16H16N4O2S. The lowest BCUT2D eigenvalue weighted by Gasteiger charge is -2.14. The van der Waals surface area contributed by atoms with Crippen molar-refractivity contribution >= 4 is 21.6 Å². The van der Waals surface area contributed by atoms with Crippen molar-refractivity contribution in [2.75, 3.05) is 6.54 Å². The van der Waals surface area contributed by atoms with Crippen molar-refractivity contribution in [1.82, 2.24) is 19.9 Å². The summed E-state index contributed by atoms with van der Waals surface area (Å²) in [6.07, 6.45) is 4.86. The third-order valence-electron chi connectivity index (χ3n) is 4.14. The quantitative estimate of drug-likeness (QED) is 0.756. The second-order valence-electron chi connectivity index (χ2n) is 5.61. The standard InChI is InChI=1S/C16H16N4O2S/c21-12(10-2-1-4-17-6-10)8-20-9-19-15-14(16(20)22)11-3-5-18-7-13(11)23-15/h1-2,4,6,9,12,18,21H,3,5,7-8H2/t12-/m1/s1. The fourth-order valence-corrected chi connectivity index (χ4v) is 4.09. The van der Waals surface area contributed by atoms with Crippen LogP contribution in [-0.2, 0) is 19.5 Å². The van der Waals surface area contributed by atoms with Gasteiger partial charge in [0.25, 0.3) is 5.56 Å². The zero-order chi connectivity index (χ0) is 15.8. The van der Waals surface area contributed by atoms with Gasteiger partial charge in [-0.05, 0) is 24.6 Å². The predicted octanol–water partition coefficient (Wildman–Crippen LogP) is 1.23. The van der Waals surface area contributed by atoms with Crippen LogP contribution in [0.15, 0.2) is 35.6 Å². The third-order valence-corrected chi connectivity index (χ3v) is 5.28. The molecule has 4 rings (SSSR count). The van der Waals surface area contributed by atoms with Gasteiger partial charge in [-0.2, -0.15) is 0 Å². The topological polar surface area (TPSA) is 80.0 Å². The van der Waals surface area contributed by atoms with E-state index < -0.39 is 6.10 Å². The Labute approximate surface area is 136 Å². The maximum Gasteiger partial charge on any atom is 0.262 e. The summed E-state index contributed by atoms with van der Waals surface area (Å²) in [7, 11) is 0. The summed E-state index contributed by atoms with van der Waals surface area (Å²) in [5.74, 6) is 0. The molecule has 118 valence electrons. The number of pyridine rings is 1. The predicted molar refractivity (Wildman–Crippen MR) is 88.5 cm³/mol. The summed E-state index contributed by atoms with van der Waals surface area (Å²) in [4.78, 5) is 23.2. The maximum atomic E-state index is 12.8. The monoisotopic (exact) mass is 328 g/mol. The van der Waals surface area contributed by atoms with E-state index in [-0.39, 0.29) is 12.1 Å². The van der Waals surface area contributed by atoms with Crippen molar-refractivity contribution in [3.05, 3.63) is 57.2 Å². The van der Waals surface area contributed by atoms with E-state index >= 15 is 0 Å². The Hall–Kier alpha value is -2.09. The fraction of sp³-hybridized carbons (Fsp3) is 0.312. The number of hydrogen-bond donors (Lipinski definition) is 2. The lowest BCUT2D eigenvalue weighted by molar-refractivity contribution is 0.154. The van der Waals surface area contributed by atoms with E-state index in [1.165, 1.54) is 15.8 Å². The van der Waals surface area contributed by atoms with Gasteiger partial charge in [0.05, 0.1) is 24.4 Å². The molecule has 2 N–H and O–H groups in total. The van der Waals surface area contributed by atoms with E-state index in [9.17, 15) is 9.90 Å². The number of rotatable bonds is 3. The van der Waals surface area contributed by atoms with E-state index in [0.717, 1.165) is 29.9 Å². The van der Waals surface area contributed by atoms with Crippen molar-refractivity contribution in [2.45, 2.75) is 25.6 Å². The molecule has 0 unspecified atom stereocenters. The molecule has 0 spiro atoms. The number of thiophene rings is 1. The van der Waals surface area contributed by atoms with Crippen molar-refractivity contribution in [1.29, 1.82) is 0 Å². The molecule has 0 amide bonds. The van der Waals surface area contributed by atoms with E-state index in [1.807, 2.05) is 0 Å². The Balaban J connectivity index is 1.74. The van der Waals surface area contributed by atoms with Gasteiger partial charge in [-0.25, -0.2) is 4.98 Å². The molecule has 1 aliphatic rings.